The Morgan fingerprint density at radius 2 is 2.23 bits per heavy atom. The molecule has 3 aliphatic rings. The minimum Gasteiger partial charge on any atom is -0.487 e. The summed E-state index contributed by atoms with van der Waals surface area (Å²) in [6.07, 6.45) is 4.49. The number of esters is 1. The Balaban J connectivity index is 1.65. The molecule has 1 unspecified atom stereocenters. The minimum absolute atomic E-state index is 0.0372. The van der Waals surface area contributed by atoms with Gasteiger partial charge in [-0.05, 0) is 45.2 Å². The van der Waals surface area contributed by atoms with Crippen LogP contribution in [-0.4, -0.2) is 38.4 Å². The van der Waals surface area contributed by atoms with E-state index in [9.17, 15) is 4.79 Å². The number of fused-ring (bicyclic) bond motifs is 3. The maximum absolute atomic E-state index is 11.8. The van der Waals surface area contributed by atoms with E-state index in [1.54, 1.807) is 0 Å². The first-order valence-electron chi connectivity index (χ1n) is 9.72. The molecule has 0 aromatic heterocycles. The first-order valence-corrected chi connectivity index (χ1v) is 9.72. The molecule has 3 aliphatic heterocycles. The fourth-order valence-electron chi connectivity index (χ4n) is 5.01. The van der Waals surface area contributed by atoms with E-state index in [0.29, 0.717) is 12.8 Å². The zero-order chi connectivity index (χ0) is 18.2. The minimum atomic E-state index is -0.432. The van der Waals surface area contributed by atoms with Crippen molar-refractivity contribution in [2.24, 2.45) is 11.3 Å². The number of piperidine rings is 1. The Hall–Kier alpha value is -1.59. The van der Waals surface area contributed by atoms with Gasteiger partial charge < -0.3 is 19.5 Å². The lowest BCUT2D eigenvalue weighted by molar-refractivity contribution is -0.176. The number of rotatable bonds is 3. The van der Waals surface area contributed by atoms with Crippen LogP contribution in [0.1, 0.15) is 50.7 Å². The van der Waals surface area contributed by atoms with Crippen LogP contribution in [0.3, 0.4) is 0 Å². The van der Waals surface area contributed by atoms with Crippen molar-refractivity contribution in [2.75, 3.05) is 26.8 Å². The number of ether oxygens (including phenoxy) is 3. The molecular weight excluding hydrogens is 330 g/mol. The summed E-state index contributed by atoms with van der Waals surface area (Å²) in [5, 5.41) is 3.55. The van der Waals surface area contributed by atoms with Crippen LogP contribution in [0.15, 0.2) is 24.3 Å². The van der Waals surface area contributed by atoms with Gasteiger partial charge in [-0.1, -0.05) is 18.2 Å². The second-order valence-electron chi connectivity index (χ2n) is 8.35. The molecule has 4 rings (SSSR count). The lowest BCUT2D eigenvalue weighted by Gasteiger charge is -2.54. The Morgan fingerprint density at radius 1 is 1.38 bits per heavy atom. The maximum Gasteiger partial charge on any atom is 0.305 e. The molecule has 1 aromatic carbocycles. The normalized spacial score (nSPS) is 35.9. The monoisotopic (exact) mass is 359 g/mol. The molecule has 1 N–H and O–H groups in total. The van der Waals surface area contributed by atoms with Gasteiger partial charge in [-0.3, -0.25) is 4.79 Å². The summed E-state index contributed by atoms with van der Waals surface area (Å²) in [5.74, 6) is 0.936. The highest BCUT2D eigenvalue weighted by atomic mass is 16.5. The zero-order valence-electron chi connectivity index (χ0n) is 15.8. The predicted molar refractivity (Wildman–Crippen MR) is 98.1 cm³/mol. The quantitative estimate of drug-likeness (QED) is 0.840. The molecule has 0 radical (unpaired) electrons. The van der Waals surface area contributed by atoms with E-state index in [2.05, 4.69) is 18.3 Å². The molecule has 0 bridgehead atoms. The van der Waals surface area contributed by atoms with E-state index in [1.165, 1.54) is 20.0 Å². The van der Waals surface area contributed by atoms with Gasteiger partial charge in [0.1, 0.15) is 11.4 Å². The SMILES string of the molecule is COC(=O)CC[C@@]1(C)Oc2ccccc2[C@H]2OCC3(CCCNC3)C[C@@H]21. The molecule has 5 heteroatoms. The van der Waals surface area contributed by atoms with Gasteiger partial charge in [0, 0.05) is 29.9 Å². The average Bonchev–Trinajstić information content (AvgIpc) is 2.67. The third-order valence-corrected chi connectivity index (χ3v) is 6.55. The number of carbonyl (C=O) groups excluding carboxylic acids is 1. The van der Waals surface area contributed by atoms with Gasteiger partial charge in [-0.2, -0.15) is 0 Å². The molecule has 2 fully saturated rings. The van der Waals surface area contributed by atoms with Gasteiger partial charge in [0.15, 0.2) is 0 Å². The first-order chi connectivity index (χ1) is 12.6. The van der Waals surface area contributed by atoms with Crippen molar-refractivity contribution in [2.45, 2.75) is 50.7 Å². The third-order valence-electron chi connectivity index (χ3n) is 6.55. The van der Waals surface area contributed by atoms with E-state index in [0.717, 1.165) is 37.4 Å². The van der Waals surface area contributed by atoms with Crippen molar-refractivity contribution in [3.63, 3.8) is 0 Å². The summed E-state index contributed by atoms with van der Waals surface area (Å²) >= 11 is 0. The van der Waals surface area contributed by atoms with Crippen LogP contribution in [0.25, 0.3) is 0 Å². The average molecular weight is 359 g/mol. The summed E-state index contributed by atoms with van der Waals surface area (Å²) in [4.78, 5) is 11.8. The number of hydrogen-bond donors (Lipinski definition) is 1. The Bertz CT molecular complexity index is 670. The molecular formula is C21H29NO4. The van der Waals surface area contributed by atoms with Gasteiger partial charge in [0.05, 0.1) is 19.8 Å². The van der Waals surface area contributed by atoms with Crippen LogP contribution in [0, 0.1) is 11.3 Å². The predicted octanol–water partition coefficient (Wildman–Crippen LogP) is 3.24. The van der Waals surface area contributed by atoms with Crippen molar-refractivity contribution in [1.29, 1.82) is 0 Å². The Kier molecular flexibility index (Phi) is 4.70. The lowest BCUT2D eigenvalue weighted by Crippen LogP contribution is -2.56. The first kappa shape index (κ1) is 17.8. The molecule has 3 heterocycles. The molecule has 0 saturated carbocycles. The number of hydrogen-bond acceptors (Lipinski definition) is 5. The number of para-hydroxylation sites is 1. The standard InChI is InChI=1S/C21H29NO4/c1-20(10-8-18(23)24-2)16-12-21(9-5-11-22-13-21)14-25-19(16)15-6-3-4-7-17(15)26-20/h3-4,6-7,16,19,22H,5,8-14H2,1-2H3/t16-,19+,20+,21?/m0/s1. The fraction of sp³-hybridized carbons (Fsp3) is 0.667. The van der Waals surface area contributed by atoms with Gasteiger partial charge in [-0.15, -0.1) is 0 Å². The van der Waals surface area contributed by atoms with Gasteiger partial charge in [0.25, 0.3) is 0 Å². The number of carbonyl (C=O) groups is 1. The summed E-state index contributed by atoms with van der Waals surface area (Å²) < 4.78 is 17.9. The van der Waals surface area contributed by atoms with Gasteiger partial charge >= 0.3 is 5.97 Å². The molecule has 1 aromatic rings. The molecule has 0 amide bonds. The maximum atomic E-state index is 11.8. The van der Waals surface area contributed by atoms with Crippen LogP contribution in [0.4, 0.5) is 0 Å². The number of methoxy groups -OCH3 is 1. The Labute approximate surface area is 155 Å². The molecule has 142 valence electrons. The second-order valence-corrected chi connectivity index (χ2v) is 8.35. The highest BCUT2D eigenvalue weighted by molar-refractivity contribution is 5.69. The second kappa shape index (κ2) is 6.86. The van der Waals surface area contributed by atoms with Crippen molar-refractivity contribution in [1.82, 2.24) is 5.32 Å². The molecule has 0 aliphatic carbocycles. The number of nitrogens with one attached hydrogen (secondary N) is 1. The summed E-state index contributed by atoms with van der Waals surface area (Å²) in [7, 11) is 1.44. The number of benzene rings is 1. The largest absolute Gasteiger partial charge is 0.487 e. The van der Waals surface area contributed by atoms with Gasteiger partial charge in [-0.25, -0.2) is 0 Å². The summed E-state index contributed by atoms with van der Waals surface area (Å²) in [6.45, 7) is 5.03. The van der Waals surface area contributed by atoms with Crippen molar-refractivity contribution < 1.29 is 19.0 Å². The fourth-order valence-corrected chi connectivity index (χ4v) is 5.01. The van der Waals surface area contributed by atoms with Crippen molar-refractivity contribution >= 4 is 5.97 Å². The molecule has 4 atom stereocenters. The highest BCUT2D eigenvalue weighted by Gasteiger charge is 2.54. The highest BCUT2D eigenvalue weighted by Crippen LogP contribution is 2.55. The van der Waals surface area contributed by atoms with Crippen LogP contribution in [0.2, 0.25) is 0 Å². The van der Waals surface area contributed by atoms with E-state index >= 15 is 0 Å². The van der Waals surface area contributed by atoms with E-state index in [-0.39, 0.29) is 23.4 Å². The van der Waals surface area contributed by atoms with E-state index in [1.807, 2.05) is 18.2 Å². The van der Waals surface area contributed by atoms with E-state index < -0.39 is 5.60 Å². The van der Waals surface area contributed by atoms with Gasteiger partial charge in [0.2, 0.25) is 0 Å². The lowest BCUT2D eigenvalue weighted by atomic mass is 9.64. The Morgan fingerprint density at radius 3 is 3.00 bits per heavy atom. The van der Waals surface area contributed by atoms with Crippen LogP contribution >= 0.6 is 0 Å². The molecule has 2 saturated heterocycles. The topological polar surface area (TPSA) is 56.8 Å². The van der Waals surface area contributed by atoms with Crippen LogP contribution < -0.4 is 10.1 Å². The molecule has 1 spiro atoms. The van der Waals surface area contributed by atoms with Crippen molar-refractivity contribution in [3.8, 4) is 5.75 Å². The van der Waals surface area contributed by atoms with Crippen LogP contribution in [-0.2, 0) is 14.3 Å². The smallest absolute Gasteiger partial charge is 0.305 e. The van der Waals surface area contributed by atoms with Crippen LogP contribution in [0.5, 0.6) is 5.75 Å². The molecule has 26 heavy (non-hydrogen) atoms. The summed E-state index contributed by atoms with van der Waals surface area (Å²) in [6, 6.07) is 8.17. The third kappa shape index (κ3) is 3.12. The van der Waals surface area contributed by atoms with E-state index in [4.69, 9.17) is 14.2 Å². The molecule has 5 nitrogen and oxygen atoms in total. The zero-order valence-corrected chi connectivity index (χ0v) is 15.8. The summed E-state index contributed by atoms with van der Waals surface area (Å²) in [5.41, 5.74) is 0.895. The van der Waals surface area contributed by atoms with Crippen molar-refractivity contribution in [3.05, 3.63) is 29.8 Å².